The zero-order chi connectivity index (χ0) is 21.0. The molecule has 2 heterocycles. The van der Waals surface area contributed by atoms with Crippen molar-refractivity contribution in [3.8, 4) is 11.5 Å². The first-order valence-electron chi connectivity index (χ1n) is 9.42. The number of nitrogens with zero attached hydrogens (tertiary/aromatic N) is 2. The summed E-state index contributed by atoms with van der Waals surface area (Å²) in [5.41, 5.74) is 0. The van der Waals surface area contributed by atoms with Crippen LogP contribution in [-0.2, 0) is 19.6 Å². The van der Waals surface area contributed by atoms with E-state index >= 15 is 0 Å². The molecule has 0 bridgehead atoms. The maximum absolute atomic E-state index is 13.1. The lowest BCUT2D eigenvalue weighted by molar-refractivity contribution is -0.289. The number of ether oxygens (including phenoxy) is 3. The number of piperidine rings is 1. The summed E-state index contributed by atoms with van der Waals surface area (Å²) in [5.74, 6) is -0.907. The Morgan fingerprint density at radius 2 is 1.90 bits per heavy atom. The smallest absolute Gasteiger partial charge is 0.279 e. The molecule has 0 aliphatic carbocycles. The summed E-state index contributed by atoms with van der Waals surface area (Å²) in [6.07, 6.45) is 0.993. The van der Waals surface area contributed by atoms with Gasteiger partial charge in [-0.3, -0.25) is 15.2 Å². The van der Waals surface area contributed by atoms with E-state index in [-0.39, 0.29) is 38.8 Å². The summed E-state index contributed by atoms with van der Waals surface area (Å²) in [5, 5.41) is 16.4. The van der Waals surface area contributed by atoms with Crippen LogP contribution >= 0.6 is 0 Å². The fourth-order valence-electron chi connectivity index (χ4n) is 3.72. The normalized spacial score (nSPS) is 24.1. The highest BCUT2D eigenvalue weighted by Crippen LogP contribution is 2.29. The van der Waals surface area contributed by atoms with Crippen molar-refractivity contribution in [2.75, 3.05) is 33.4 Å². The van der Waals surface area contributed by atoms with Crippen LogP contribution in [0.4, 0.5) is 0 Å². The second-order valence-electron chi connectivity index (χ2n) is 7.08. The van der Waals surface area contributed by atoms with Crippen molar-refractivity contribution >= 4 is 15.9 Å². The standard InChI is InChI=1S/C18H26N2O8S/c1-26-14-3-2-4-15(11-14)28-13-5-8-19(9-6-13)29(24,25)17-7-10-27-12-16(17)18(21)20(22)23/h2-4,11,13,16-17,22-23H,5-10,12H2,1H3. The molecule has 1 aromatic carbocycles. The van der Waals surface area contributed by atoms with Gasteiger partial charge in [-0.25, -0.2) is 12.7 Å². The quantitative estimate of drug-likeness (QED) is 0.503. The molecule has 2 unspecified atom stereocenters. The summed E-state index contributed by atoms with van der Waals surface area (Å²) in [7, 11) is -2.24. The van der Waals surface area contributed by atoms with E-state index < -0.39 is 32.3 Å². The van der Waals surface area contributed by atoms with E-state index in [0.717, 1.165) is 0 Å². The molecule has 2 fully saturated rings. The van der Waals surface area contributed by atoms with Crippen molar-refractivity contribution in [3.05, 3.63) is 24.3 Å². The fraction of sp³-hybridized carbons (Fsp3) is 0.611. The number of hydrogen-bond acceptors (Lipinski definition) is 8. The van der Waals surface area contributed by atoms with E-state index in [0.29, 0.717) is 24.3 Å². The van der Waals surface area contributed by atoms with Gasteiger partial charge < -0.3 is 14.2 Å². The van der Waals surface area contributed by atoms with Crippen LogP contribution in [-0.4, -0.2) is 79.0 Å². The monoisotopic (exact) mass is 430 g/mol. The molecule has 2 aliphatic rings. The topological polar surface area (TPSA) is 126 Å². The molecule has 3 rings (SSSR count). The SMILES string of the molecule is COc1cccc(OC2CCN(S(=O)(=O)C3CCOCC3C(=O)N(O)O)CC2)c1. The molecule has 2 aliphatic heterocycles. The van der Waals surface area contributed by atoms with E-state index in [1.165, 1.54) is 4.31 Å². The van der Waals surface area contributed by atoms with Gasteiger partial charge in [-0.15, -0.1) is 0 Å². The maximum atomic E-state index is 13.1. The highest BCUT2D eigenvalue weighted by molar-refractivity contribution is 7.89. The zero-order valence-corrected chi connectivity index (χ0v) is 17.0. The predicted octanol–water partition coefficient (Wildman–Crippen LogP) is 0.880. The highest BCUT2D eigenvalue weighted by Gasteiger charge is 2.45. The zero-order valence-electron chi connectivity index (χ0n) is 16.1. The van der Waals surface area contributed by atoms with Gasteiger partial charge in [0.15, 0.2) is 0 Å². The Kier molecular flexibility index (Phi) is 6.96. The summed E-state index contributed by atoms with van der Waals surface area (Å²) in [6, 6.07) is 7.23. The van der Waals surface area contributed by atoms with E-state index in [1.807, 2.05) is 18.2 Å². The largest absolute Gasteiger partial charge is 0.497 e. The molecule has 29 heavy (non-hydrogen) atoms. The third-order valence-corrected chi connectivity index (χ3v) is 7.71. The maximum Gasteiger partial charge on any atom is 0.279 e. The van der Waals surface area contributed by atoms with Gasteiger partial charge in [-0.1, -0.05) is 11.3 Å². The van der Waals surface area contributed by atoms with Gasteiger partial charge in [-0.2, -0.15) is 0 Å². The Morgan fingerprint density at radius 3 is 2.55 bits per heavy atom. The minimum atomic E-state index is -3.81. The minimum absolute atomic E-state index is 0.118. The second kappa shape index (κ2) is 9.26. The molecule has 2 atom stereocenters. The summed E-state index contributed by atoms with van der Waals surface area (Å²) in [6.45, 7) is 0.546. The first-order chi connectivity index (χ1) is 13.8. The Morgan fingerprint density at radius 1 is 1.21 bits per heavy atom. The number of amides is 1. The first kappa shape index (κ1) is 21.8. The third-order valence-electron chi connectivity index (χ3n) is 5.29. The Balaban J connectivity index is 1.63. The second-order valence-corrected chi connectivity index (χ2v) is 9.23. The van der Waals surface area contributed by atoms with Gasteiger partial charge in [-0.05, 0) is 31.4 Å². The van der Waals surface area contributed by atoms with Crippen molar-refractivity contribution < 1.29 is 37.8 Å². The summed E-state index contributed by atoms with van der Waals surface area (Å²) in [4.78, 5) is 12.0. The van der Waals surface area contributed by atoms with Gasteiger partial charge in [0.2, 0.25) is 10.0 Å². The van der Waals surface area contributed by atoms with Crippen LogP contribution in [0.1, 0.15) is 19.3 Å². The molecule has 0 saturated carbocycles. The van der Waals surface area contributed by atoms with Crippen LogP contribution in [0.25, 0.3) is 0 Å². The molecule has 162 valence electrons. The molecule has 0 spiro atoms. The van der Waals surface area contributed by atoms with Crippen molar-refractivity contribution in [3.63, 3.8) is 0 Å². The lowest BCUT2D eigenvalue weighted by Crippen LogP contribution is -2.53. The highest BCUT2D eigenvalue weighted by atomic mass is 32.2. The van der Waals surface area contributed by atoms with Crippen LogP contribution in [0.5, 0.6) is 11.5 Å². The predicted molar refractivity (Wildman–Crippen MR) is 100 cm³/mol. The number of benzene rings is 1. The van der Waals surface area contributed by atoms with Crippen LogP contribution in [0.15, 0.2) is 24.3 Å². The number of hydrogen-bond donors (Lipinski definition) is 2. The number of sulfonamides is 1. The van der Waals surface area contributed by atoms with Crippen molar-refractivity contribution in [2.45, 2.75) is 30.6 Å². The molecule has 2 saturated heterocycles. The van der Waals surface area contributed by atoms with Gasteiger partial charge in [0.25, 0.3) is 5.91 Å². The Bertz CT molecular complexity index is 808. The first-order valence-corrected chi connectivity index (χ1v) is 10.9. The number of hydroxylamine groups is 2. The van der Waals surface area contributed by atoms with Gasteiger partial charge in [0.1, 0.15) is 17.6 Å². The molecular weight excluding hydrogens is 404 g/mol. The molecular formula is C18H26N2O8S. The number of carbonyl (C=O) groups is 1. The summed E-state index contributed by atoms with van der Waals surface area (Å²) < 4.78 is 43.9. The number of carbonyl (C=O) groups excluding carboxylic acids is 1. The van der Waals surface area contributed by atoms with E-state index in [9.17, 15) is 13.2 Å². The molecule has 0 radical (unpaired) electrons. The van der Waals surface area contributed by atoms with Crippen molar-refractivity contribution in [1.29, 1.82) is 0 Å². The molecule has 1 aromatic rings. The van der Waals surface area contributed by atoms with Crippen LogP contribution in [0.2, 0.25) is 0 Å². The lowest BCUT2D eigenvalue weighted by Gasteiger charge is -2.37. The Hall–Kier alpha value is -1.92. The molecule has 11 heteroatoms. The fourth-order valence-corrected chi connectivity index (χ4v) is 5.82. The average molecular weight is 430 g/mol. The van der Waals surface area contributed by atoms with Crippen molar-refractivity contribution in [1.82, 2.24) is 9.53 Å². The third kappa shape index (κ3) is 4.98. The molecule has 0 aromatic heterocycles. The van der Waals surface area contributed by atoms with Gasteiger partial charge >= 0.3 is 0 Å². The lowest BCUT2D eigenvalue weighted by atomic mass is 10.0. The van der Waals surface area contributed by atoms with Crippen LogP contribution in [0.3, 0.4) is 0 Å². The van der Waals surface area contributed by atoms with E-state index in [4.69, 9.17) is 24.6 Å². The Labute approximate surface area is 169 Å². The van der Waals surface area contributed by atoms with E-state index in [1.54, 1.807) is 13.2 Å². The van der Waals surface area contributed by atoms with Crippen molar-refractivity contribution in [2.24, 2.45) is 5.92 Å². The van der Waals surface area contributed by atoms with Gasteiger partial charge in [0.05, 0.1) is 24.9 Å². The molecule has 2 N–H and O–H groups in total. The van der Waals surface area contributed by atoms with Crippen LogP contribution in [0, 0.1) is 5.92 Å². The molecule has 10 nitrogen and oxygen atoms in total. The summed E-state index contributed by atoms with van der Waals surface area (Å²) >= 11 is 0. The van der Waals surface area contributed by atoms with E-state index in [2.05, 4.69) is 0 Å². The number of rotatable bonds is 6. The molecule has 1 amide bonds. The van der Waals surface area contributed by atoms with Crippen LogP contribution < -0.4 is 9.47 Å². The van der Waals surface area contributed by atoms with Gasteiger partial charge in [0, 0.05) is 25.8 Å². The number of methoxy groups -OCH3 is 1. The minimum Gasteiger partial charge on any atom is -0.497 e. The average Bonchev–Trinajstić information content (AvgIpc) is 2.73.